The van der Waals surface area contributed by atoms with Gasteiger partial charge in [0.25, 0.3) is 0 Å². The van der Waals surface area contributed by atoms with E-state index < -0.39 is 11.8 Å². The number of aromatic nitrogens is 3. The molecule has 2 aliphatic heterocycles. The predicted molar refractivity (Wildman–Crippen MR) is 134 cm³/mol. The molecular formula is C25H24ClFN4O5S. The zero-order chi connectivity index (χ0) is 26.1. The molecule has 2 fully saturated rings. The minimum atomic E-state index is -0.632. The van der Waals surface area contributed by atoms with E-state index in [4.69, 9.17) is 30.8 Å². The van der Waals surface area contributed by atoms with Gasteiger partial charge in [-0.2, -0.15) is 0 Å². The fraction of sp³-hybridized carbons (Fsp3) is 0.400. The second-order valence-corrected chi connectivity index (χ2v) is 10.2. The van der Waals surface area contributed by atoms with Gasteiger partial charge in [-0.3, -0.25) is 9.69 Å². The van der Waals surface area contributed by atoms with Crippen LogP contribution in [0.1, 0.15) is 35.8 Å². The molecule has 4 heterocycles. The van der Waals surface area contributed by atoms with E-state index in [1.807, 2.05) is 0 Å². The fourth-order valence-electron chi connectivity index (χ4n) is 4.95. The molecule has 2 unspecified atom stereocenters. The first kappa shape index (κ1) is 25.7. The Morgan fingerprint density at radius 1 is 1.24 bits per heavy atom. The Kier molecular flexibility index (Phi) is 7.47. The number of hydrogen-bond acceptors (Lipinski definition) is 10. The lowest BCUT2D eigenvalue weighted by molar-refractivity contribution is -0.159. The molecule has 1 aromatic carbocycles. The Bertz CT molecular complexity index is 1310. The van der Waals surface area contributed by atoms with Crippen LogP contribution in [0.4, 0.5) is 4.39 Å². The number of ether oxygens (including phenoxy) is 3. The van der Waals surface area contributed by atoms with E-state index in [1.165, 1.54) is 43.6 Å². The summed E-state index contributed by atoms with van der Waals surface area (Å²) in [6, 6.07) is 3.82. The minimum Gasteiger partial charge on any atom is -0.465 e. The first-order valence-corrected chi connectivity index (χ1v) is 12.9. The molecule has 9 nitrogen and oxygen atoms in total. The van der Waals surface area contributed by atoms with Crippen molar-refractivity contribution in [1.29, 1.82) is 0 Å². The molecule has 0 saturated carbocycles. The van der Waals surface area contributed by atoms with Gasteiger partial charge in [-0.05, 0) is 18.2 Å². The van der Waals surface area contributed by atoms with Crippen LogP contribution in [0.25, 0.3) is 22.1 Å². The van der Waals surface area contributed by atoms with Gasteiger partial charge in [0.1, 0.15) is 17.5 Å². The van der Waals surface area contributed by atoms with Crippen LogP contribution >= 0.6 is 22.9 Å². The largest absolute Gasteiger partial charge is 0.465 e. The minimum absolute atomic E-state index is 0.0431. The standard InChI is InChI=1S/C25H24ClFN4O5S/c1-13(32)36-17-8-15-11-35-12-16(9-17)31(15)10-20-21(25(33)34-2)22(18-4-3-14(27)7-19(18)26)30-23(29-20)24-28-5-6-37-24/h3-7,15-17H,8-12H2,1-2H3/t15-,16?,17?/m1/s1. The molecule has 5 rings (SSSR count). The second kappa shape index (κ2) is 10.8. The number of benzene rings is 1. The number of methoxy groups -OCH3 is 1. The Morgan fingerprint density at radius 3 is 2.62 bits per heavy atom. The van der Waals surface area contributed by atoms with E-state index >= 15 is 0 Å². The zero-order valence-corrected chi connectivity index (χ0v) is 21.7. The summed E-state index contributed by atoms with van der Waals surface area (Å²) in [4.78, 5) is 40.6. The lowest BCUT2D eigenvalue weighted by Gasteiger charge is -2.48. The topological polar surface area (TPSA) is 104 Å². The summed E-state index contributed by atoms with van der Waals surface area (Å²) < 4.78 is 30.3. The maximum Gasteiger partial charge on any atom is 0.342 e. The first-order valence-electron chi connectivity index (χ1n) is 11.7. The fourth-order valence-corrected chi connectivity index (χ4v) is 5.77. The van der Waals surface area contributed by atoms with E-state index in [0.717, 1.165) is 0 Å². The Labute approximate surface area is 221 Å². The third kappa shape index (κ3) is 5.35. The molecule has 0 radical (unpaired) electrons. The van der Waals surface area contributed by atoms with E-state index in [2.05, 4.69) is 14.9 Å². The van der Waals surface area contributed by atoms with Gasteiger partial charge in [0.2, 0.25) is 0 Å². The molecule has 2 saturated heterocycles. The van der Waals surface area contributed by atoms with Crippen LogP contribution in [0.5, 0.6) is 0 Å². The van der Waals surface area contributed by atoms with Crippen molar-refractivity contribution >= 4 is 34.9 Å². The molecule has 194 valence electrons. The summed E-state index contributed by atoms with van der Waals surface area (Å²) >= 11 is 7.76. The number of piperidine rings is 1. The van der Waals surface area contributed by atoms with E-state index in [1.54, 1.807) is 11.6 Å². The lowest BCUT2D eigenvalue weighted by atomic mass is 9.91. The van der Waals surface area contributed by atoms with Gasteiger partial charge >= 0.3 is 11.9 Å². The zero-order valence-electron chi connectivity index (χ0n) is 20.1. The van der Waals surface area contributed by atoms with Crippen LogP contribution in [-0.2, 0) is 25.5 Å². The van der Waals surface area contributed by atoms with Gasteiger partial charge in [0, 0.05) is 55.5 Å². The number of thiazole rings is 1. The van der Waals surface area contributed by atoms with Crippen molar-refractivity contribution in [3.63, 3.8) is 0 Å². The molecule has 0 amide bonds. The summed E-state index contributed by atoms with van der Waals surface area (Å²) in [6.07, 6.45) is 2.65. The molecule has 0 spiro atoms. The van der Waals surface area contributed by atoms with Crippen LogP contribution in [0.15, 0.2) is 29.8 Å². The number of halogens is 2. The van der Waals surface area contributed by atoms with Crippen molar-refractivity contribution in [2.75, 3.05) is 20.3 Å². The molecule has 0 N–H and O–H groups in total. The molecule has 0 aliphatic carbocycles. The van der Waals surface area contributed by atoms with Crippen LogP contribution < -0.4 is 0 Å². The average Bonchev–Trinajstić information content (AvgIpc) is 3.38. The van der Waals surface area contributed by atoms with Crippen molar-refractivity contribution in [3.05, 3.63) is 51.9 Å². The summed E-state index contributed by atoms with van der Waals surface area (Å²) in [5, 5.41) is 2.47. The molecular weight excluding hydrogens is 523 g/mol. The molecule has 37 heavy (non-hydrogen) atoms. The van der Waals surface area contributed by atoms with Crippen molar-refractivity contribution in [2.24, 2.45) is 0 Å². The highest BCUT2D eigenvalue weighted by Gasteiger charge is 2.41. The summed E-state index contributed by atoms with van der Waals surface area (Å²) in [7, 11) is 1.28. The number of nitrogens with zero attached hydrogens (tertiary/aromatic N) is 4. The first-order chi connectivity index (χ1) is 17.8. The molecule has 3 aromatic rings. The number of morpholine rings is 1. The van der Waals surface area contributed by atoms with Crippen molar-refractivity contribution in [3.8, 4) is 22.1 Å². The SMILES string of the molecule is COC(=O)c1c(CN2C3COC[C@H]2CC(OC(C)=O)C3)nc(-c2nccs2)nc1-c1ccc(F)cc1Cl. The predicted octanol–water partition coefficient (Wildman–Crippen LogP) is 4.14. The molecule has 2 aromatic heterocycles. The second-order valence-electron chi connectivity index (χ2n) is 8.89. The van der Waals surface area contributed by atoms with Crippen LogP contribution in [-0.4, -0.2) is 70.3 Å². The van der Waals surface area contributed by atoms with Gasteiger partial charge in [0.15, 0.2) is 10.8 Å². The summed E-state index contributed by atoms with van der Waals surface area (Å²) in [5.74, 6) is -1.13. The number of carbonyl (C=O) groups is 2. The van der Waals surface area contributed by atoms with E-state index in [0.29, 0.717) is 54.7 Å². The third-order valence-corrected chi connectivity index (χ3v) is 7.56. The summed E-state index contributed by atoms with van der Waals surface area (Å²) in [6.45, 7) is 2.62. The van der Waals surface area contributed by atoms with Crippen molar-refractivity contribution in [2.45, 2.75) is 44.5 Å². The molecule has 2 aliphatic rings. The van der Waals surface area contributed by atoms with Crippen LogP contribution in [0, 0.1) is 5.82 Å². The number of fused-ring (bicyclic) bond motifs is 2. The van der Waals surface area contributed by atoms with Crippen molar-refractivity contribution < 1.29 is 28.2 Å². The number of rotatable bonds is 6. The van der Waals surface area contributed by atoms with Crippen LogP contribution in [0.3, 0.4) is 0 Å². The van der Waals surface area contributed by atoms with E-state index in [-0.39, 0.29) is 40.4 Å². The Hall–Kier alpha value is -2.99. The van der Waals surface area contributed by atoms with Crippen molar-refractivity contribution in [1.82, 2.24) is 19.9 Å². The molecule has 3 atom stereocenters. The highest BCUT2D eigenvalue weighted by molar-refractivity contribution is 7.13. The van der Waals surface area contributed by atoms with Gasteiger partial charge in [-0.15, -0.1) is 11.3 Å². The summed E-state index contributed by atoms with van der Waals surface area (Å²) in [5.41, 5.74) is 1.20. The maximum atomic E-state index is 13.9. The quantitative estimate of drug-likeness (QED) is 0.422. The highest BCUT2D eigenvalue weighted by Crippen LogP contribution is 2.36. The average molecular weight is 547 g/mol. The maximum absolute atomic E-state index is 13.9. The smallest absolute Gasteiger partial charge is 0.342 e. The molecule has 12 heteroatoms. The Morgan fingerprint density at radius 2 is 2.00 bits per heavy atom. The number of esters is 2. The van der Waals surface area contributed by atoms with Crippen LogP contribution in [0.2, 0.25) is 5.02 Å². The van der Waals surface area contributed by atoms with Gasteiger partial charge in [0.05, 0.1) is 36.7 Å². The van der Waals surface area contributed by atoms with Gasteiger partial charge in [-0.25, -0.2) is 24.1 Å². The van der Waals surface area contributed by atoms with Gasteiger partial charge < -0.3 is 14.2 Å². The normalized spacial score (nSPS) is 21.5. The lowest BCUT2D eigenvalue weighted by Crippen LogP contribution is -2.58. The number of hydrogen-bond donors (Lipinski definition) is 0. The third-order valence-electron chi connectivity index (χ3n) is 6.48. The monoisotopic (exact) mass is 546 g/mol. The van der Waals surface area contributed by atoms with E-state index in [9.17, 15) is 14.0 Å². The highest BCUT2D eigenvalue weighted by atomic mass is 35.5. The number of carbonyl (C=O) groups excluding carboxylic acids is 2. The van der Waals surface area contributed by atoms with Gasteiger partial charge in [-0.1, -0.05) is 11.6 Å². The Balaban J connectivity index is 1.61. The molecule has 2 bridgehead atoms.